The van der Waals surface area contributed by atoms with Gasteiger partial charge in [0.05, 0.1) is 14.1 Å². The van der Waals surface area contributed by atoms with Gasteiger partial charge in [0.15, 0.2) is 0 Å². The molecule has 1 heterocycles. The number of hydrogen-bond acceptors (Lipinski definition) is 1. The summed E-state index contributed by atoms with van der Waals surface area (Å²) in [5, 5.41) is 1.33. The molecule has 0 amide bonds. The van der Waals surface area contributed by atoms with Crippen LogP contribution in [0.15, 0.2) is 84.1 Å². The maximum absolute atomic E-state index is 5.98. The standard InChI is InChI=1S/C22H25NSSi/c1-17-15-20(25(2,3)4)22(24)23(16-18-11-7-5-8-12-18)21(17)19-13-9-6-10-14-19/h5-15,21H,1,16H2,2-4H3. The molecule has 0 saturated carbocycles. The van der Waals surface area contributed by atoms with E-state index in [1.807, 2.05) is 0 Å². The number of nitrogens with zero attached hydrogens (tertiary/aromatic N) is 1. The molecule has 2 aromatic carbocycles. The van der Waals surface area contributed by atoms with Gasteiger partial charge < -0.3 is 4.90 Å². The first-order valence-electron chi connectivity index (χ1n) is 8.69. The van der Waals surface area contributed by atoms with E-state index in [1.54, 1.807) is 0 Å². The van der Waals surface area contributed by atoms with Crippen molar-refractivity contribution in [1.82, 2.24) is 4.90 Å². The molecule has 0 aliphatic carbocycles. The SMILES string of the molecule is C=C1C=C([Si](C)(C)C)C(=S)N(Cc2ccccc2)C1c1ccccc1. The lowest BCUT2D eigenvalue weighted by atomic mass is 9.94. The van der Waals surface area contributed by atoms with Crippen molar-refractivity contribution < 1.29 is 0 Å². The Labute approximate surface area is 157 Å². The normalized spacial score (nSPS) is 18.3. The van der Waals surface area contributed by atoms with Crippen molar-refractivity contribution in [3.8, 4) is 0 Å². The molecule has 1 unspecified atom stereocenters. The van der Waals surface area contributed by atoms with E-state index in [0.717, 1.165) is 17.1 Å². The molecule has 0 saturated heterocycles. The maximum Gasteiger partial charge on any atom is 0.102 e. The molecule has 1 nitrogen and oxygen atoms in total. The highest BCUT2D eigenvalue weighted by molar-refractivity contribution is 7.81. The molecule has 0 radical (unpaired) electrons. The minimum atomic E-state index is -1.53. The van der Waals surface area contributed by atoms with Crippen LogP contribution < -0.4 is 0 Å². The molecule has 128 valence electrons. The Morgan fingerprint density at radius 1 is 0.960 bits per heavy atom. The molecule has 1 aliphatic rings. The summed E-state index contributed by atoms with van der Waals surface area (Å²) in [6, 6.07) is 21.2. The van der Waals surface area contributed by atoms with Crippen LogP contribution in [-0.2, 0) is 6.54 Å². The Kier molecular flexibility index (Phi) is 5.07. The van der Waals surface area contributed by atoms with E-state index in [9.17, 15) is 0 Å². The summed E-state index contributed by atoms with van der Waals surface area (Å²) in [5.74, 6) is 0. The Hall–Kier alpha value is -1.97. The third-order valence-electron chi connectivity index (χ3n) is 4.60. The first-order chi connectivity index (χ1) is 11.9. The van der Waals surface area contributed by atoms with Crippen LogP contribution in [0.1, 0.15) is 17.2 Å². The highest BCUT2D eigenvalue weighted by Crippen LogP contribution is 2.38. The first-order valence-corrected chi connectivity index (χ1v) is 12.6. The highest BCUT2D eigenvalue weighted by Gasteiger charge is 2.35. The largest absolute Gasteiger partial charge is 0.347 e. The third-order valence-corrected chi connectivity index (χ3v) is 7.24. The first kappa shape index (κ1) is 17.8. The van der Waals surface area contributed by atoms with Crippen LogP contribution >= 0.6 is 12.2 Å². The number of thiocarbonyl (C=S) groups is 1. The smallest absolute Gasteiger partial charge is 0.102 e. The second-order valence-corrected chi connectivity index (χ2v) is 13.0. The molecular formula is C22H25NSSi. The second-order valence-electron chi connectivity index (χ2n) is 7.61. The Balaban J connectivity index is 2.06. The average molecular weight is 364 g/mol. The lowest BCUT2D eigenvalue weighted by Crippen LogP contribution is -2.44. The molecule has 0 aromatic heterocycles. The third kappa shape index (κ3) is 3.83. The summed E-state index contributed by atoms with van der Waals surface area (Å²) in [5.41, 5.74) is 3.65. The zero-order chi connectivity index (χ0) is 18.0. The predicted molar refractivity (Wildman–Crippen MR) is 114 cm³/mol. The van der Waals surface area contributed by atoms with Crippen molar-refractivity contribution in [2.24, 2.45) is 0 Å². The van der Waals surface area contributed by atoms with Gasteiger partial charge in [0.1, 0.15) is 4.99 Å². The van der Waals surface area contributed by atoms with Crippen molar-refractivity contribution in [3.63, 3.8) is 0 Å². The fourth-order valence-corrected chi connectivity index (χ4v) is 5.86. The number of benzene rings is 2. The van der Waals surface area contributed by atoms with E-state index in [4.69, 9.17) is 12.2 Å². The zero-order valence-corrected chi connectivity index (χ0v) is 17.0. The van der Waals surface area contributed by atoms with Gasteiger partial charge in [0, 0.05) is 6.54 Å². The topological polar surface area (TPSA) is 3.24 Å². The van der Waals surface area contributed by atoms with Gasteiger partial charge in [-0.1, -0.05) is 105 Å². The van der Waals surface area contributed by atoms with Gasteiger partial charge in [0.2, 0.25) is 0 Å². The molecule has 1 atom stereocenters. The van der Waals surface area contributed by atoms with Gasteiger partial charge in [-0.2, -0.15) is 0 Å². The molecule has 3 heteroatoms. The quantitative estimate of drug-likeness (QED) is 0.489. The van der Waals surface area contributed by atoms with Gasteiger partial charge in [-0.3, -0.25) is 0 Å². The van der Waals surface area contributed by atoms with E-state index in [-0.39, 0.29) is 6.04 Å². The molecule has 0 bridgehead atoms. The summed E-state index contributed by atoms with van der Waals surface area (Å²) in [6.07, 6.45) is 2.26. The maximum atomic E-state index is 5.98. The molecule has 0 spiro atoms. The molecule has 0 N–H and O–H groups in total. The van der Waals surface area contributed by atoms with Crippen LogP contribution in [0.4, 0.5) is 0 Å². The fraction of sp³-hybridized carbons (Fsp3) is 0.227. The predicted octanol–water partition coefficient (Wildman–Crippen LogP) is 5.93. The summed E-state index contributed by atoms with van der Waals surface area (Å²) >= 11 is 5.98. The monoisotopic (exact) mass is 363 g/mol. The van der Waals surface area contributed by atoms with E-state index >= 15 is 0 Å². The van der Waals surface area contributed by atoms with Gasteiger partial charge in [-0.25, -0.2) is 0 Å². The summed E-state index contributed by atoms with van der Waals surface area (Å²) in [6.45, 7) is 12.3. The summed E-state index contributed by atoms with van der Waals surface area (Å²) in [7, 11) is -1.53. The lowest BCUT2D eigenvalue weighted by molar-refractivity contribution is 0.352. The number of rotatable bonds is 4. The van der Waals surface area contributed by atoms with Gasteiger partial charge in [0.25, 0.3) is 0 Å². The lowest BCUT2D eigenvalue weighted by Gasteiger charge is -2.42. The highest BCUT2D eigenvalue weighted by atomic mass is 32.1. The van der Waals surface area contributed by atoms with Crippen molar-refractivity contribution >= 4 is 25.3 Å². The van der Waals surface area contributed by atoms with Crippen LogP contribution in [-0.4, -0.2) is 18.0 Å². The van der Waals surface area contributed by atoms with E-state index in [2.05, 4.69) is 97.9 Å². The van der Waals surface area contributed by atoms with Crippen LogP contribution in [0, 0.1) is 0 Å². The van der Waals surface area contributed by atoms with Gasteiger partial charge in [-0.05, 0) is 21.9 Å². The van der Waals surface area contributed by atoms with E-state index < -0.39 is 8.07 Å². The van der Waals surface area contributed by atoms with Crippen LogP contribution in [0.25, 0.3) is 0 Å². The van der Waals surface area contributed by atoms with E-state index in [0.29, 0.717) is 0 Å². The Morgan fingerprint density at radius 2 is 1.52 bits per heavy atom. The Bertz CT molecular complexity index is 803. The minimum absolute atomic E-state index is 0.106. The van der Waals surface area contributed by atoms with Crippen molar-refractivity contribution in [1.29, 1.82) is 0 Å². The van der Waals surface area contributed by atoms with Crippen LogP contribution in [0.5, 0.6) is 0 Å². The zero-order valence-electron chi connectivity index (χ0n) is 15.2. The van der Waals surface area contributed by atoms with Crippen molar-refractivity contribution in [3.05, 3.63) is 95.2 Å². The van der Waals surface area contributed by atoms with Gasteiger partial charge >= 0.3 is 0 Å². The summed E-state index contributed by atoms with van der Waals surface area (Å²) < 4.78 is 0. The molecular weight excluding hydrogens is 338 g/mol. The van der Waals surface area contributed by atoms with Gasteiger partial charge in [-0.15, -0.1) is 0 Å². The number of hydrogen-bond donors (Lipinski definition) is 0. The minimum Gasteiger partial charge on any atom is -0.347 e. The molecule has 3 rings (SSSR count). The summed E-state index contributed by atoms with van der Waals surface area (Å²) in [4.78, 5) is 3.35. The molecule has 2 aromatic rings. The molecule has 1 aliphatic heterocycles. The molecule has 0 fully saturated rings. The molecule has 25 heavy (non-hydrogen) atoms. The average Bonchev–Trinajstić information content (AvgIpc) is 2.59. The van der Waals surface area contributed by atoms with Crippen molar-refractivity contribution in [2.45, 2.75) is 32.2 Å². The van der Waals surface area contributed by atoms with Crippen LogP contribution in [0.3, 0.4) is 0 Å². The van der Waals surface area contributed by atoms with Crippen molar-refractivity contribution in [2.75, 3.05) is 0 Å². The van der Waals surface area contributed by atoms with E-state index in [1.165, 1.54) is 16.3 Å². The van der Waals surface area contributed by atoms with Crippen LogP contribution in [0.2, 0.25) is 19.6 Å². The fourth-order valence-electron chi connectivity index (χ4n) is 3.31. The Morgan fingerprint density at radius 3 is 2.08 bits per heavy atom. The second kappa shape index (κ2) is 7.10.